The lowest BCUT2D eigenvalue weighted by Crippen LogP contribution is -2.43. The third-order valence-electron chi connectivity index (χ3n) is 5.84. The van der Waals surface area contributed by atoms with Gasteiger partial charge in [-0.25, -0.2) is 13.4 Å². The Morgan fingerprint density at radius 3 is 2.55 bits per heavy atom. The number of hydrogen-bond donors (Lipinski definition) is 0. The fourth-order valence-corrected chi connectivity index (χ4v) is 6.85. The van der Waals surface area contributed by atoms with Gasteiger partial charge in [-0.3, -0.25) is 4.79 Å². The van der Waals surface area contributed by atoms with Gasteiger partial charge in [0.25, 0.3) is 0 Å². The number of aromatic nitrogens is 1. The van der Waals surface area contributed by atoms with Crippen molar-refractivity contribution in [1.82, 2.24) is 14.2 Å². The molecule has 1 aromatic heterocycles. The fraction of sp³-hybridized carbons (Fsp3) is 0.391. The summed E-state index contributed by atoms with van der Waals surface area (Å²) in [4.78, 5) is 19.7. The summed E-state index contributed by atoms with van der Waals surface area (Å²) in [5, 5.41) is 0.909. The van der Waals surface area contributed by atoms with Crippen molar-refractivity contribution in [3.8, 4) is 0 Å². The summed E-state index contributed by atoms with van der Waals surface area (Å²) in [5.41, 5.74) is 2.75. The predicted molar refractivity (Wildman–Crippen MR) is 123 cm³/mol. The van der Waals surface area contributed by atoms with Crippen LogP contribution in [0.15, 0.2) is 47.4 Å². The van der Waals surface area contributed by atoms with Gasteiger partial charge in [0.1, 0.15) is 5.01 Å². The number of thiazole rings is 1. The van der Waals surface area contributed by atoms with E-state index in [1.807, 2.05) is 50.2 Å². The number of rotatable bonds is 5. The molecule has 0 N–H and O–H groups in total. The highest BCUT2D eigenvalue weighted by atomic mass is 32.2. The smallest absolute Gasteiger partial charge is 0.243 e. The van der Waals surface area contributed by atoms with E-state index in [9.17, 15) is 13.2 Å². The Hall–Kier alpha value is -2.29. The van der Waals surface area contributed by atoms with Crippen LogP contribution in [0.5, 0.6) is 0 Å². The number of fused-ring (bicyclic) bond motifs is 1. The quantitative estimate of drug-likeness (QED) is 0.581. The van der Waals surface area contributed by atoms with E-state index in [2.05, 4.69) is 4.98 Å². The van der Waals surface area contributed by atoms with Crippen LogP contribution in [0.1, 0.15) is 29.0 Å². The standard InChI is InChI=1S/C23H27N3O3S2/c1-16-8-9-21(17(2)14-16)31(28,29)26-12-10-18(11-13-26)23(27)25(3)15-22-24-19-6-4-5-7-20(19)30-22/h4-9,14,18H,10-13,15H2,1-3H3. The summed E-state index contributed by atoms with van der Waals surface area (Å²) in [6.45, 7) is 4.97. The Morgan fingerprint density at radius 1 is 1.16 bits per heavy atom. The van der Waals surface area contributed by atoms with Crippen LogP contribution < -0.4 is 0 Å². The molecule has 0 unspecified atom stereocenters. The van der Waals surface area contributed by atoms with Gasteiger partial charge in [-0.2, -0.15) is 4.31 Å². The third kappa shape index (κ3) is 4.51. The van der Waals surface area contributed by atoms with E-state index in [0.717, 1.165) is 26.4 Å². The lowest BCUT2D eigenvalue weighted by Gasteiger charge is -2.32. The Kier molecular flexibility index (Phi) is 6.14. The highest BCUT2D eigenvalue weighted by Crippen LogP contribution is 2.28. The SMILES string of the molecule is Cc1ccc(S(=O)(=O)N2CCC(C(=O)N(C)Cc3nc4ccccc4s3)CC2)c(C)c1. The van der Waals surface area contributed by atoms with Gasteiger partial charge in [0, 0.05) is 26.1 Å². The van der Waals surface area contributed by atoms with Crippen LogP contribution in [0.3, 0.4) is 0 Å². The number of para-hydroxylation sites is 1. The second kappa shape index (κ2) is 8.68. The molecule has 0 bridgehead atoms. The number of piperidine rings is 1. The minimum absolute atomic E-state index is 0.0582. The molecule has 1 aliphatic heterocycles. The highest BCUT2D eigenvalue weighted by Gasteiger charge is 2.33. The average Bonchev–Trinajstić information content (AvgIpc) is 3.15. The monoisotopic (exact) mass is 457 g/mol. The zero-order chi connectivity index (χ0) is 22.2. The highest BCUT2D eigenvalue weighted by molar-refractivity contribution is 7.89. The maximum atomic E-state index is 13.1. The lowest BCUT2D eigenvalue weighted by molar-refractivity contribution is -0.135. The van der Waals surface area contributed by atoms with Crippen LogP contribution in [0.4, 0.5) is 0 Å². The van der Waals surface area contributed by atoms with Gasteiger partial charge < -0.3 is 4.90 Å². The first-order valence-electron chi connectivity index (χ1n) is 10.4. The summed E-state index contributed by atoms with van der Waals surface area (Å²) in [6, 6.07) is 13.4. The Labute approximate surface area is 187 Å². The number of hydrogen-bond acceptors (Lipinski definition) is 5. The molecule has 2 heterocycles. The summed E-state index contributed by atoms with van der Waals surface area (Å²) in [7, 11) is -1.74. The van der Waals surface area contributed by atoms with Crippen molar-refractivity contribution in [3.63, 3.8) is 0 Å². The minimum atomic E-state index is -3.54. The van der Waals surface area contributed by atoms with Crippen LogP contribution in [0, 0.1) is 19.8 Å². The molecule has 1 amide bonds. The molecule has 0 spiro atoms. The molecule has 3 aromatic rings. The molecule has 1 saturated heterocycles. The van der Waals surface area contributed by atoms with Crippen molar-refractivity contribution in [2.24, 2.45) is 5.92 Å². The van der Waals surface area contributed by atoms with Gasteiger partial charge >= 0.3 is 0 Å². The number of carbonyl (C=O) groups is 1. The second-order valence-corrected chi connectivity index (χ2v) is 11.2. The molecular formula is C23H27N3O3S2. The lowest BCUT2D eigenvalue weighted by atomic mass is 9.97. The van der Waals surface area contributed by atoms with E-state index < -0.39 is 10.0 Å². The summed E-state index contributed by atoms with van der Waals surface area (Å²) >= 11 is 1.60. The van der Waals surface area contributed by atoms with Gasteiger partial charge in [0.05, 0.1) is 21.7 Å². The number of amides is 1. The first-order valence-corrected chi connectivity index (χ1v) is 12.7. The Bertz CT molecular complexity index is 1180. The van der Waals surface area contributed by atoms with E-state index in [4.69, 9.17) is 0 Å². The van der Waals surface area contributed by atoms with Crippen molar-refractivity contribution in [3.05, 3.63) is 58.6 Å². The van der Waals surface area contributed by atoms with E-state index in [1.165, 1.54) is 4.31 Å². The fourth-order valence-electron chi connectivity index (χ4n) is 4.15. The van der Waals surface area contributed by atoms with Crippen molar-refractivity contribution < 1.29 is 13.2 Å². The molecule has 164 valence electrons. The van der Waals surface area contributed by atoms with E-state index in [0.29, 0.717) is 37.4 Å². The predicted octanol–water partition coefficient (Wildman–Crippen LogP) is 3.97. The van der Waals surface area contributed by atoms with Gasteiger partial charge in [0.15, 0.2) is 0 Å². The molecule has 0 aliphatic carbocycles. The molecule has 0 saturated carbocycles. The van der Waals surface area contributed by atoms with Gasteiger partial charge in [0.2, 0.25) is 15.9 Å². The maximum absolute atomic E-state index is 13.1. The zero-order valence-corrected chi connectivity index (χ0v) is 19.7. The number of carbonyl (C=O) groups excluding carboxylic acids is 1. The van der Waals surface area contributed by atoms with Gasteiger partial charge in [-0.1, -0.05) is 29.8 Å². The Balaban J connectivity index is 1.39. The molecule has 31 heavy (non-hydrogen) atoms. The number of aryl methyl sites for hydroxylation is 2. The van der Waals surface area contributed by atoms with Crippen molar-refractivity contribution in [2.45, 2.75) is 38.1 Å². The topological polar surface area (TPSA) is 70.6 Å². The summed E-state index contributed by atoms with van der Waals surface area (Å²) < 4.78 is 28.8. The van der Waals surface area contributed by atoms with E-state index in [1.54, 1.807) is 29.4 Å². The largest absolute Gasteiger partial charge is 0.339 e. The van der Waals surface area contributed by atoms with Crippen LogP contribution in [0.2, 0.25) is 0 Å². The second-order valence-electron chi connectivity index (χ2n) is 8.22. The molecule has 0 radical (unpaired) electrons. The normalized spacial score (nSPS) is 16.0. The molecule has 1 aliphatic rings. The third-order valence-corrected chi connectivity index (χ3v) is 8.92. The van der Waals surface area contributed by atoms with Crippen LogP contribution in [-0.2, 0) is 21.4 Å². The molecule has 8 heteroatoms. The maximum Gasteiger partial charge on any atom is 0.243 e. The molecule has 2 aromatic carbocycles. The van der Waals surface area contributed by atoms with Crippen molar-refractivity contribution >= 4 is 37.5 Å². The average molecular weight is 458 g/mol. The van der Waals surface area contributed by atoms with E-state index >= 15 is 0 Å². The van der Waals surface area contributed by atoms with Crippen LogP contribution in [-0.4, -0.2) is 48.7 Å². The van der Waals surface area contributed by atoms with Crippen molar-refractivity contribution in [2.75, 3.05) is 20.1 Å². The van der Waals surface area contributed by atoms with Gasteiger partial charge in [-0.05, 0) is 50.5 Å². The molecule has 1 fully saturated rings. The molecule has 4 rings (SSSR count). The zero-order valence-electron chi connectivity index (χ0n) is 18.0. The molecular weight excluding hydrogens is 430 g/mol. The number of benzene rings is 2. The Morgan fingerprint density at radius 2 is 1.87 bits per heavy atom. The number of sulfonamides is 1. The summed E-state index contributed by atoms with van der Waals surface area (Å²) in [5.74, 6) is -0.104. The first kappa shape index (κ1) is 21.9. The minimum Gasteiger partial charge on any atom is -0.339 e. The number of nitrogens with zero attached hydrogens (tertiary/aromatic N) is 3. The van der Waals surface area contributed by atoms with Gasteiger partial charge in [-0.15, -0.1) is 11.3 Å². The summed E-state index contributed by atoms with van der Waals surface area (Å²) in [6.07, 6.45) is 1.07. The molecule has 6 nitrogen and oxygen atoms in total. The van der Waals surface area contributed by atoms with E-state index in [-0.39, 0.29) is 11.8 Å². The van der Waals surface area contributed by atoms with Crippen LogP contribution >= 0.6 is 11.3 Å². The van der Waals surface area contributed by atoms with Crippen LogP contribution in [0.25, 0.3) is 10.2 Å². The molecule has 0 atom stereocenters. The van der Waals surface area contributed by atoms with Crippen molar-refractivity contribution in [1.29, 1.82) is 0 Å². The first-order chi connectivity index (χ1) is 14.8.